The van der Waals surface area contributed by atoms with Crippen molar-refractivity contribution < 1.29 is 44.7 Å². The summed E-state index contributed by atoms with van der Waals surface area (Å²) < 4.78 is 105. The first-order valence-electron chi connectivity index (χ1n) is 11.4. The Morgan fingerprint density at radius 3 is 1.42 bits per heavy atom. The minimum atomic E-state index is -5.00. The summed E-state index contributed by atoms with van der Waals surface area (Å²) in [7, 11) is 0. The zero-order valence-corrected chi connectivity index (χ0v) is 19.4. The molecule has 36 heavy (non-hydrogen) atoms. The van der Waals surface area contributed by atoms with E-state index in [4.69, 9.17) is 0 Å². The van der Waals surface area contributed by atoms with Crippen molar-refractivity contribution in [2.75, 3.05) is 6.54 Å². The molecule has 0 aliphatic carbocycles. The van der Waals surface area contributed by atoms with Crippen LogP contribution in [0.25, 0.3) is 0 Å². The van der Waals surface area contributed by atoms with Gasteiger partial charge in [0.1, 0.15) is 11.6 Å². The van der Waals surface area contributed by atoms with E-state index in [0.29, 0.717) is 47.7 Å². The number of rotatable bonds is 10. The Morgan fingerprint density at radius 1 is 0.667 bits per heavy atom. The van der Waals surface area contributed by atoms with Gasteiger partial charge in [-0.25, -0.2) is 8.78 Å². The molecule has 0 atom stereocenters. The van der Waals surface area contributed by atoms with Crippen LogP contribution in [0.4, 0.5) is 35.1 Å². The van der Waals surface area contributed by atoms with Crippen molar-refractivity contribution in [3.63, 3.8) is 0 Å². The van der Waals surface area contributed by atoms with E-state index < -0.39 is 58.1 Å². The van der Waals surface area contributed by atoms with Crippen LogP contribution in [0.2, 0.25) is 0 Å². The van der Waals surface area contributed by atoms with Crippen LogP contribution in [-0.2, 0) is 12.4 Å². The lowest BCUT2D eigenvalue weighted by molar-refractivity contribution is -0.140. The summed E-state index contributed by atoms with van der Waals surface area (Å²) in [5, 5.41) is 0. The van der Waals surface area contributed by atoms with Crippen molar-refractivity contribution in [1.82, 2.24) is 4.90 Å². The molecule has 2 aromatic carbocycles. The summed E-state index contributed by atoms with van der Waals surface area (Å²) in [4.78, 5) is 26.5. The normalized spacial score (nSPS) is 12.0. The largest absolute Gasteiger partial charge is 0.419 e. The van der Waals surface area contributed by atoms with Gasteiger partial charge in [-0.3, -0.25) is 14.5 Å². The van der Waals surface area contributed by atoms with E-state index in [0.717, 1.165) is 32.1 Å². The molecule has 0 saturated carbocycles. The minimum Gasteiger partial charge on any atom is -0.274 e. The number of alkyl halides is 6. The third-order valence-corrected chi connectivity index (χ3v) is 5.52. The molecular formula is C25H25F8NO2. The quantitative estimate of drug-likeness (QED) is 0.180. The van der Waals surface area contributed by atoms with E-state index in [9.17, 15) is 44.7 Å². The number of benzene rings is 2. The van der Waals surface area contributed by atoms with Crippen molar-refractivity contribution >= 4 is 11.8 Å². The predicted molar refractivity (Wildman–Crippen MR) is 116 cm³/mol. The molecule has 0 spiro atoms. The van der Waals surface area contributed by atoms with Crippen LogP contribution in [0, 0.1) is 11.6 Å². The van der Waals surface area contributed by atoms with Crippen LogP contribution >= 0.6 is 0 Å². The molecule has 0 unspecified atom stereocenters. The zero-order valence-electron chi connectivity index (χ0n) is 19.4. The van der Waals surface area contributed by atoms with Crippen LogP contribution < -0.4 is 0 Å². The number of halogens is 8. The van der Waals surface area contributed by atoms with Gasteiger partial charge in [-0.2, -0.15) is 26.3 Å². The second-order valence-corrected chi connectivity index (χ2v) is 8.27. The van der Waals surface area contributed by atoms with E-state index in [1.165, 1.54) is 0 Å². The number of carbonyl (C=O) groups excluding carboxylic acids is 2. The van der Waals surface area contributed by atoms with Gasteiger partial charge in [-0.05, 0) is 42.8 Å². The molecule has 0 aliphatic rings. The highest BCUT2D eigenvalue weighted by Crippen LogP contribution is 2.33. The van der Waals surface area contributed by atoms with Gasteiger partial charge in [-0.1, -0.05) is 45.4 Å². The Kier molecular flexibility index (Phi) is 10.0. The van der Waals surface area contributed by atoms with E-state index in [1.54, 1.807) is 0 Å². The van der Waals surface area contributed by atoms with E-state index >= 15 is 0 Å². The SMILES string of the molecule is CCCCCCCCCN(C(=O)c1ccc(C(F)(F)F)c(F)c1)C(=O)c1ccc(C(F)(F)F)c(F)c1. The predicted octanol–water partition coefficient (Wildman–Crippen LogP) is 8.04. The highest BCUT2D eigenvalue weighted by atomic mass is 19.4. The van der Waals surface area contributed by atoms with Crippen LogP contribution in [0.3, 0.4) is 0 Å². The van der Waals surface area contributed by atoms with Gasteiger partial charge in [0.25, 0.3) is 11.8 Å². The molecule has 0 saturated heterocycles. The van der Waals surface area contributed by atoms with Gasteiger partial charge in [0.15, 0.2) is 0 Å². The number of amides is 2. The van der Waals surface area contributed by atoms with Gasteiger partial charge >= 0.3 is 12.4 Å². The summed E-state index contributed by atoms with van der Waals surface area (Å²) in [5.74, 6) is -5.76. The van der Waals surface area contributed by atoms with Crippen molar-refractivity contribution in [2.45, 2.75) is 64.2 Å². The van der Waals surface area contributed by atoms with Crippen LogP contribution in [0.1, 0.15) is 83.7 Å². The Balaban J connectivity index is 2.30. The Labute approximate surface area is 203 Å². The second kappa shape index (κ2) is 12.3. The monoisotopic (exact) mass is 523 g/mol. The number of nitrogens with zero attached hydrogens (tertiary/aromatic N) is 1. The average Bonchev–Trinajstić information content (AvgIpc) is 2.78. The smallest absolute Gasteiger partial charge is 0.274 e. The van der Waals surface area contributed by atoms with Crippen molar-refractivity contribution in [2.24, 2.45) is 0 Å². The van der Waals surface area contributed by atoms with Crippen LogP contribution in [0.15, 0.2) is 36.4 Å². The first-order valence-corrected chi connectivity index (χ1v) is 11.4. The summed E-state index contributed by atoms with van der Waals surface area (Å²) in [6, 6.07) is 2.79. The summed E-state index contributed by atoms with van der Waals surface area (Å²) >= 11 is 0. The van der Waals surface area contributed by atoms with Gasteiger partial charge in [0, 0.05) is 17.7 Å². The zero-order chi connectivity index (χ0) is 27.1. The number of unbranched alkanes of at least 4 members (excludes halogenated alkanes) is 6. The molecule has 0 bridgehead atoms. The van der Waals surface area contributed by atoms with Gasteiger partial charge in [0.2, 0.25) is 0 Å². The molecule has 0 fully saturated rings. The van der Waals surface area contributed by atoms with E-state index in [2.05, 4.69) is 0 Å². The molecule has 0 aromatic heterocycles. The number of imide groups is 1. The average molecular weight is 523 g/mol. The fourth-order valence-electron chi connectivity index (χ4n) is 3.59. The van der Waals surface area contributed by atoms with Crippen molar-refractivity contribution in [3.05, 3.63) is 70.3 Å². The number of hydrogen-bond acceptors (Lipinski definition) is 2. The van der Waals surface area contributed by atoms with E-state index in [1.807, 2.05) is 6.92 Å². The molecular weight excluding hydrogens is 498 g/mol. The lowest BCUT2D eigenvalue weighted by atomic mass is 10.1. The second-order valence-electron chi connectivity index (χ2n) is 8.27. The minimum absolute atomic E-state index is 0.239. The highest BCUT2D eigenvalue weighted by molar-refractivity contribution is 6.10. The lowest BCUT2D eigenvalue weighted by Gasteiger charge is -2.22. The first-order chi connectivity index (χ1) is 16.8. The molecule has 0 heterocycles. The molecule has 11 heteroatoms. The maximum absolute atomic E-state index is 14.0. The molecule has 3 nitrogen and oxygen atoms in total. The maximum atomic E-state index is 14.0. The number of hydrogen-bond donors (Lipinski definition) is 0. The molecule has 0 radical (unpaired) electrons. The van der Waals surface area contributed by atoms with E-state index in [-0.39, 0.29) is 13.0 Å². The lowest BCUT2D eigenvalue weighted by Crippen LogP contribution is -2.38. The Hall–Kier alpha value is -2.98. The molecule has 2 amide bonds. The Bertz CT molecular complexity index is 988. The third kappa shape index (κ3) is 7.76. The fraction of sp³-hybridized carbons (Fsp3) is 0.440. The topological polar surface area (TPSA) is 37.4 Å². The molecule has 0 aliphatic heterocycles. The van der Waals surface area contributed by atoms with Crippen LogP contribution in [0.5, 0.6) is 0 Å². The summed E-state index contributed by atoms with van der Waals surface area (Å²) in [6.45, 7) is 1.81. The highest BCUT2D eigenvalue weighted by Gasteiger charge is 2.36. The Morgan fingerprint density at radius 2 is 1.06 bits per heavy atom. The van der Waals surface area contributed by atoms with Gasteiger partial charge in [0.05, 0.1) is 11.1 Å². The van der Waals surface area contributed by atoms with Crippen molar-refractivity contribution in [1.29, 1.82) is 0 Å². The first kappa shape index (κ1) is 29.3. The molecule has 0 N–H and O–H groups in total. The molecule has 198 valence electrons. The maximum Gasteiger partial charge on any atom is 0.419 e. The van der Waals surface area contributed by atoms with Gasteiger partial charge < -0.3 is 0 Å². The fourth-order valence-corrected chi connectivity index (χ4v) is 3.59. The van der Waals surface area contributed by atoms with Crippen molar-refractivity contribution in [3.8, 4) is 0 Å². The van der Waals surface area contributed by atoms with Crippen LogP contribution in [-0.4, -0.2) is 23.3 Å². The number of carbonyl (C=O) groups is 2. The van der Waals surface area contributed by atoms with Gasteiger partial charge in [-0.15, -0.1) is 0 Å². The third-order valence-electron chi connectivity index (χ3n) is 5.52. The summed E-state index contributed by atoms with van der Waals surface area (Å²) in [6.07, 6.45) is -4.38. The summed E-state index contributed by atoms with van der Waals surface area (Å²) in [5.41, 5.74) is -4.34. The standard InChI is InChI=1S/C25H25F8NO2/c1-2-3-4-5-6-7-8-13-34(22(35)16-9-11-18(20(26)14-16)24(28,29)30)23(36)17-10-12-19(21(27)15-17)25(31,32)33/h9-12,14-15H,2-8,13H2,1H3. The molecule has 2 rings (SSSR count). The molecule has 2 aromatic rings.